The molecule has 0 aliphatic carbocycles. The van der Waals surface area contributed by atoms with E-state index >= 15 is 0 Å². The third-order valence-electron chi connectivity index (χ3n) is 2.30. The minimum atomic E-state index is -0.468. The maximum atomic E-state index is 11.5. The van der Waals surface area contributed by atoms with Crippen molar-refractivity contribution in [2.45, 2.75) is 19.8 Å². The SMILES string of the molecule is CCCCNc1nn(C)c(N)c1C(=O)OC. The number of nitrogen functional groups attached to an aromatic ring is 1. The number of nitrogens with zero attached hydrogens (tertiary/aromatic N) is 2. The van der Waals surface area contributed by atoms with Crippen molar-refractivity contribution in [3.05, 3.63) is 5.56 Å². The number of rotatable bonds is 5. The molecule has 0 saturated carbocycles. The molecule has 3 N–H and O–H groups in total. The smallest absolute Gasteiger partial charge is 0.345 e. The summed E-state index contributed by atoms with van der Waals surface area (Å²) in [5, 5.41) is 7.21. The van der Waals surface area contributed by atoms with Gasteiger partial charge in [0.05, 0.1) is 7.11 Å². The van der Waals surface area contributed by atoms with Gasteiger partial charge in [-0.15, -0.1) is 0 Å². The Balaban J connectivity index is 2.90. The average molecular weight is 226 g/mol. The molecule has 1 heterocycles. The molecule has 0 fully saturated rings. The predicted molar refractivity (Wildman–Crippen MR) is 62.4 cm³/mol. The summed E-state index contributed by atoms with van der Waals surface area (Å²) in [6.07, 6.45) is 2.08. The quantitative estimate of drug-likeness (QED) is 0.578. The minimum absolute atomic E-state index is 0.307. The van der Waals surface area contributed by atoms with E-state index < -0.39 is 5.97 Å². The first kappa shape index (κ1) is 12.4. The van der Waals surface area contributed by atoms with Gasteiger partial charge in [0.15, 0.2) is 5.82 Å². The highest BCUT2D eigenvalue weighted by Crippen LogP contribution is 2.21. The van der Waals surface area contributed by atoms with E-state index in [0.717, 1.165) is 19.4 Å². The number of aromatic nitrogens is 2. The molecule has 0 aliphatic rings. The van der Waals surface area contributed by atoms with Gasteiger partial charge in [-0.3, -0.25) is 4.68 Å². The van der Waals surface area contributed by atoms with E-state index in [1.54, 1.807) is 7.05 Å². The van der Waals surface area contributed by atoms with Crippen LogP contribution in [-0.2, 0) is 11.8 Å². The lowest BCUT2D eigenvalue weighted by molar-refractivity contribution is 0.0603. The number of ether oxygens (including phenoxy) is 1. The molecule has 16 heavy (non-hydrogen) atoms. The Morgan fingerprint density at radius 1 is 1.62 bits per heavy atom. The summed E-state index contributed by atoms with van der Waals surface area (Å²) in [7, 11) is 3.01. The first-order chi connectivity index (χ1) is 7.61. The molecule has 6 nitrogen and oxygen atoms in total. The number of nitrogens with one attached hydrogen (secondary N) is 1. The molecule has 1 aromatic heterocycles. The lowest BCUT2D eigenvalue weighted by atomic mass is 10.3. The third kappa shape index (κ3) is 2.44. The van der Waals surface area contributed by atoms with E-state index in [-0.39, 0.29) is 0 Å². The standard InChI is InChI=1S/C10H18N4O2/c1-4-5-6-12-9-7(10(15)16-3)8(11)14(2)13-9/h4-6,11H2,1-3H3,(H,12,13). The molecule has 0 bridgehead atoms. The van der Waals surface area contributed by atoms with Gasteiger partial charge >= 0.3 is 5.97 Å². The fraction of sp³-hybridized carbons (Fsp3) is 0.600. The van der Waals surface area contributed by atoms with Crippen LogP contribution in [0.15, 0.2) is 0 Å². The molecule has 6 heteroatoms. The molecular weight excluding hydrogens is 208 g/mol. The normalized spacial score (nSPS) is 10.2. The van der Waals surface area contributed by atoms with E-state index in [0.29, 0.717) is 17.2 Å². The van der Waals surface area contributed by atoms with Gasteiger partial charge in [-0.05, 0) is 6.42 Å². The molecule has 0 saturated heterocycles. The molecule has 0 unspecified atom stereocenters. The second kappa shape index (κ2) is 5.39. The number of nitrogens with two attached hydrogens (primary N) is 1. The fourth-order valence-electron chi connectivity index (χ4n) is 1.35. The van der Waals surface area contributed by atoms with Crippen molar-refractivity contribution in [2.75, 3.05) is 24.7 Å². The van der Waals surface area contributed by atoms with Gasteiger partial charge in [-0.1, -0.05) is 13.3 Å². The second-order valence-corrected chi connectivity index (χ2v) is 3.50. The van der Waals surface area contributed by atoms with Gasteiger partial charge in [0.25, 0.3) is 0 Å². The number of hydrogen-bond donors (Lipinski definition) is 2. The van der Waals surface area contributed by atoms with Crippen LogP contribution < -0.4 is 11.1 Å². The van der Waals surface area contributed by atoms with Crippen molar-refractivity contribution in [1.29, 1.82) is 0 Å². The Hall–Kier alpha value is -1.72. The summed E-state index contributed by atoms with van der Waals surface area (Å²) in [5.41, 5.74) is 6.05. The van der Waals surface area contributed by atoms with Crippen LogP contribution in [0.1, 0.15) is 30.1 Å². The number of aryl methyl sites for hydroxylation is 1. The van der Waals surface area contributed by atoms with Crippen LogP contribution in [0.5, 0.6) is 0 Å². The lowest BCUT2D eigenvalue weighted by Crippen LogP contribution is -2.09. The van der Waals surface area contributed by atoms with Crippen LogP contribution in [0.2, 0.25) is 0 Å². The van der Waals surface area contributed by atoms with Crippen LogP contribution in [0.4, 0.5) is 11.6 Å². The van der Waals surface area contributed by atoms with Crippen molar-refractivity contribution in [3.63, 3.8) is 0 Å². The second-order valence-electron chi connectivity index (χ2n) is 3.50. The van der Waals surface area contributed by atoms with Gasteiger partial charge in [0.2, 0.25) is 0 Å². The molecule has 1 rings (SSSR count). The Labute approximate surface area is 94.8 Å². The highest BCUT2D eigenvalue weighted by Gasteiger charge is 2.21. The number of methoxy groups -OCH3 is 1. The summed E-state index contributed by atoms with van der Waals surface area (Å²) < 4.78 is 6.12. The average Bonchev–Trinajstić information content (AvgIpc) is 2.55. The molecule has 1 aromatic rings. The topological polar surface area (TPSA) is 82.2 Å². The van der Waals surface area contributed by atoms with E-state index in [2.05, 4.69) is 22.1 Å². The zero-order chi connectivity index (χ0) is 12.1. The Kier molecular flexibility index (Phi) is 4.16. The molecule has 0 amide bonds. The summed E-state index contributed by atoms with van der Waals surface area (Å²) in [4.78, 5) is 11.5. The van der Waals surface area contributed by atoms with E-state index in [9.17, 15) is 4.79 Å². The van der Waals surface area contributed by atoms with Gasteiger partial charge in [-0.2, -0.15) is 5.10 Å². The van der Waals surface area contributed by atoms with Gasteiger partial charge in [0.1, 0.15) is 11.4 Å². The zero-order valence-electron chi connectivity index (χ0n) is 9.91. The van der Waals surface area contributed by atoms with Gasteiger partial charge < -0.3 is 15.8 Å². The van der Waals surface area contributed by atoms with Crippen molar-refractivity contribution in [3.8, 4) is 0 Å². The first-order valence-corrected chi connectivity index (χ1v) is 5.26. The highest BCUT2D eigenvalue weighted by atomic mass is 16.5. The maximum absolute atomic E-state index is 11.5. The number of anilines is 2. The van der Waals surface area contributed by atoms with E-state index in [4.69, 9.17) is 5.73 Å². The first-order valence-electron chi connectivity index (χ1n) is 5.26. The summed E-state index contributed by atoms with van der Waals surface area (Å²) >= 11 is 0. The fourth-order valence-corrected chi connectivity index (χ4v) is 1.35. The maximum Gasteiger partial charge on any atom is 0.345 e. The summed E-state index contributed by atoms with van der Waals surface area (Å²) in [6, 6.07) is 0. The Morgan fingerprint density at radius 3 is 2.88 bits per heavy atom. The summed E-state index contributed by atoms with van der Waals surface area (Å²) in [5.74, 6) is 0.329. The molecule has 0 spiro atoms. The Morgan fingerprint density at radius 2 is 2.31 bits per heavy atom. The van der Waals surface area contributed by atoms with Crippen molar-refractivity contribution >= 4 is 17.6 Å². The van der Waals surface area contributed by atoms with Crippen LogP contribution in [0.3, 0.4) is 0 Å². The van der Waals surface area contributed by atoms with Crippen molar-refractivity contribution in [2.24, 2.45) is 7.05 Å². The zero-order valence-corrected chi connectivity index (χ0v) is 9.91. The van der Waals surface area contributed by atoms with E-state index in [1.165, 1.54) is 11.8 Å². The number of carbonyl (C=O) groups is 1. The minimum Gasteiger partial charge on any atom is -0.465 e. The van der Waals surface area contributed by atoms with E-state index in [1.807, 2.05) is 0 Å². The van der Waals surface area contributed by atoms with Gasteiger partial charge in [-0.25, -0.2) is 4.79 Å². The third-order valence-corrected chi connectivity index (χ3v) is 2.30. The number of unbranched alkanes of at least 4 members (excludes halogenated alkanes) is 1. The Bertz CT molecular complexity index is 373. The van der Waals surface area contributed by atoms with Gasteiger partial charge in [0, 0.05) is 13.6 Å². The van der Waals surface area contributed by atoms with Crippen LogP contribution in [0.25, 0.3) is 0 Å². The molecule has 0 atom stereocenters. The molecule has 0 radical (unpaired) electrons. The lowest BCUT2D eigenvalue weighted by Gasteiger charge is -2.03. The summed E-state index contributed by atoms with van der Waals surface area (Å²) in [6.45, 7) is 2.85. The number of carbonyl (C=O) groups excluding carboxylic acids is 1. The predicted octanol–water partition coefficient (Wildman–Crippen LogP) is 1.00. The molecule has 0 aromatic carbocycles. The number of hydrogen-bond acceptors (Lipinski definition) is 5. The van der Waals surface area contributed by atoms with Crippen molar-refractivity contribution < 1.29 is 9.53 Å². The largest absolute Gasteiger partial charge is 0.465 e. The monoisotopic (exact) mass is 226 g/mol. The highest BCUT2D eigenvalue weighted by molar-refractivity contribution is 5.99. The molecule has 0 aliphatic heterocycles. The molecule has 90 valence electrons. The number of esters is 1. The van der Waals surface area contributed by atoms with Crippen LogP contribution >= 0.6 is 0 Å². The van der Waals surface area contributed by atoms with Crippen molar-refractivity contribution in [1.82, 2.24) is 9.78 Å². The molecular formula is C10H18N4O2. The van der Waals surface area contributed by atoms with Crippen LogP contribution in [0, 0.1) is 0 Å². The van der Waals surface area contributed by atoms with Crippen LogP contribution in [-0.4, -0.2) is 29.4 Å².